The summed E-state index contributed by atoms with van der Waals surface area (Å²) < 4.78 is 5.12. The Morgan fingerprint density at radius 1 is 1.21 bits per heavy atom. The predicted octanol–water partition coefficient (Wildman–Crippen LogP) is 2.37. The minimum absolute atomic E-state index is 0.917. The second-order valence-corrected chi connectivity index (χ2v) is 3.61. The highest BCUT2D eigenvalue weighted by Gasteiger charge is 2.10. The molecule has 14 heavy (non-hydrogen) atoms. The molecule has 0 aliphatic carbocycles. The minimum Gasteiger partial charge on any atom is -0.497 e. The predicted molar refractivity (Wildman–Crippen MR) is 58.2 cm³/mol. The molecule has 0 unspecified atom stereocenters. The molecule has 2 heteroatoms. The van der Waals surface area contributed by atoms with E-state index in [1.54, 1.807) is 7.11 Å². The molecule has 0 atom stereocenters. The van der Waals surface area contributed by atoms with Gasteiger partial charge in [0, 0.05) is 19.8 Å². The Balaban J connectivity index is 2.21. The quantitative estimate of drug-likeness (QED) is 0.708. The van der Waals surface area contributed by atoms with Crippen molar-refractivity contribution in [1.82, 2.24) is 4.90 Å². The molecule has 0 N–H and O–H groups in total. The van der Waals surface area contributed by atoms with Crippen molar-refractivity contribution in [1.29, 1.82) is 0 Å². The Bertz CT molecular complexity index is 340. The molecule has 0 spiro atoms. The SMILES string of the molecule is COc1ccc(C2=CN(C)CC2)cc1. The van der Waals surface area contributed by atoms with Crippen molar-refractivity contribution < 1.29 is 4.74 Å². The van der Waals surface area contributed by atoms with E-state index in [1.165, 1.54) is 11.1 Å². The first kappa shape index (κ1) is 9.13. The van der Waals surface area contributed by atoms with Crippen LogP contribution in [0, 0.1) is 0 Å². The van der Waals surface area contributed by atoms with E-state index in [0.717, 1.165) is 18.7 Å². The summed E-state index contributed by atoms with van der Waals surface area (Å²) >= 11 is 0. The van der Waals surface area contributed by atoms with Crippen molar-refractivity contribution in [2.75, 3.05) is 20.7 Å². The highest BCUT2D eigenvalue weighted by molar-refractivity contribution is 5.67. The molecule has 2 rings (SSSR count). The molecule has 1 aromatic rings. The standard InChI is InChI=1S/C12H15NO/c1-13-8-7-11(9-13)10-3-5-12(14-2)6-4-10/h3-6,9H,7-8H2,1-2H3. The Labute approximate surface area is 84.8 Å². The third-order valence-electron chi connectivity index (χ3n) is 2.57. The zero-order valence-corrected chi connectivity index (χ0v) is 8.66. The molecule has 0 amide bonds. The van der Waals surface area contributed by atoms with Crippen LogP contribution in [0.2, 0.25) is 0 Å². The lowest BCUT2D eigenvalue weighted by Crippen LogP contribution is -2.04. The molecule has 0 saturated carbocycles. The number of nitrogens with zero attached hydrogens (tertiary/aromatic N) is 1. The molecule has 1 aliphatic heterocycles. The minimum atomic E-state index is 0.917. The van der Waals surface area contributed by atoms with Crippen molar-refractivity contribution in [2.45, 2.75) is 6.42 Å². The van der Waals surface area contributed by atoms with Crippen LogP contribution in [0.1, 0.15) is 12.0 Å². The van der Waals surface area contributed by atoms with E-state index < -0.39 is 0 Å². The molecule has 1 aliphatic rings. The van der Waals surface area contributed by atoms with Gasteiger partial charge in [0.05, 0.1) is 7.11 Å². The van der Waals surface area contributed by atoms with Gasteiger partial charge >= 0.3 is 0 Å². The van der Waals surface area contributed by atoms with Gasteiger partial charge in [-0.15, -0.1) is 0 Å². The van der Waals surface area contributed by atoms with Gasteiger partial charge in [-0.1, -0.05) is 12.1 Å². The summed E-state index contributed by atoms with van der Waals surface area (Å²) in [7, 11) is 3.80. The topological polar surface area (TPSA) is 12.5 Å². The number of hydrogen-bond acceptors (Lipinski definition) is 2. The number of hydrogen-bond donors (Lipinski definition) is 0. The van der Waals surface area contributed by atoms with Crippen LogP contribution in [0.4, 0.5) is 0 Å². The van der Waals surface area contributed by atoms with Crippen molar-refractivity contribution in [3.05, 3.63) is 36.0 Å². The van der Waals surface area contributed by atoms with Crippen LogP contribution in [-0.2, 0) is 0 Å². The summed E-state index contributed by atoms with van der Waals surface area (Å²) in [6.07, 6.45) is 3.35. The lowest BCUT2D eigenvalue weighted by Gasteiger charge is -2.03. The average molecular weight is 189 g/mol. The Morgan fingerprint density at radius 2 is 1.93 bits per heavy atom. The maximum atomic E-state index is 5.12. The highest BCUT2D eigenvalue weighted by atomic mass is 16.5. The zero-order valence-electron chi connectivity index (χ0n) is 8.66. The number of methoxy groups -OCH3 is 1. The lowest BCUT2D eigenvalue weighted by molar-refractivity contribution is 0.415. The molecular weight excluding hydrogens is 174 g/mol. The van der Waals surface area contributed by atoms with Gasteiger partial charge in [-0.3, -0.25) is 0 Å². The van der Waals surface area contributed by atoms with E-state index >= 15 is 0 Å². The van der Waals surface area contributed by atoms with Crippen molar-refractivity contribution in [3.63, 3.8) is 0 Å². The van der Waals surface area contributed by atoms with Crippen LogP contribution in [0.25, 0.3) is 5.57 Å². The molecule has 0 fully saturated rings. The van der Waals surface area contributed by atoms with Gasteiger partial charge in [0.15, 0.2) is 0 Å². The first-order valence-corrected chi connectivity index (χ1v) is 4.85. The van der Waals surface area contributed by atoms with Crippen LogP contribution in [0.3, 0.4) is 0 Å². The smallest absolute Gasteiger partial charge is 0.118 e. The lowest BCUT2D eigenvalue weighted by atomic mass is 10.1. The maximum Gasteiger partial charge on any atom is 0.118 e. The summed E-state index contributed by atoms with van der Waals surface area (Å²) in [5.74, 6) is 0.917. The van der Waals surface area contributed by atoms with Gasteiger partial charge in [-0.25, -0.2) is 0 Å². The Kier molecular flexibility index (Phi) is 2.44. The second-order valence-electron chi connectivity index (χ2n) is 3.61. The molecule has 0 bridgehead atoms. The number of ether oxygens (including phenoxy) is 1. The van der Waals surface area contributed by atoms with Crippen LogP contribution >= 0.6 is 0 Å². The largest absolute Gasteiger partial charge is 0.497 e. The van der Waals surface area contributed by atoms with Crippen LogP contribution in [0.15, 0.2) is 30.5 Å². The van der Waals surface area contributed by atoms with Crippen LogP contribution < -0.4 is 4.74 Å². The fourth-order valence-electron chi connectivity index (χ4n) is 1.72. The fourth-order valence-corrected chi connectivity index (χ4v) is 1.72. The van der Waals surface area contributed by atoms with Crippen molar-refractivity contribution in [2.24, 2.45) is 0 Å². The second kappa shape index (κ2) is 3.74. The first-order chi connectivity index (χ1) is 6.79. The first-order valence-electron chi connectivity index (χ1n) is 4.85. The monoisotopic (exact) mass is 189 g/mol. The van der Waals surface area contributed by atoms with E-state index in [-0.39, 0.29) is 0 Å². The van der Waals surface area contributed by atoms with Gasteiger partial charge in [-0.2, -0.15) is 0 Å². The van der Waals surface area contributed by atoms with Crippen molar-refractivity contribution >= 4 is 5.57 Å². The average Bonchev–Trinajstić information content (AvgIpc) is 2.65. The summed E-state index contributed by atoms with van der Waals surface area (Å²) in [6.45, 7) is 1.13. The van der Waals surface area contributed by atoms with E-state index in [2.05, 4.69) is 30.3 Å². The summed E-state index contributed by atoms with van der Waals surface area (Å²) in [5.41, 5.74) is 2.71. The van der Waals surface area contributed by atoms with E-state index in [1.807, 2.05) is 12.1 Å². The molecule has 0 saturated heterocycles. The molecule has 74 valence electrons. The molecular formula is C12H15NO. The van der Waals surface area contributed by atoms with Crippen LogP contribution in [-0.4, -0.2) is 25.6 Å². The molecule has 0 radical (unpaired) electrons. The summed E-state index contributed by atoms with van der Waals surface area (Å²) in [4.78, 5) is 2.22. The summed E-state index contributed by atoms with van der Waals surface area (Å²) in [5, 5.41) is 0. The van der Waals surface area contributed by atoms with E-state index in [9.17, 15) is 0 Å². The third-order valence-corrected chi connectivity index (χ3v) is 2.57. The van der Waals surface area contributed by atoms with Crippen molar-refractivity contribution in [3.8, 4) is 5.75 Å². The van der Waals surface area contributed by atoms with E-state index in [4.69, 9.17) is 4.74 Å². The van der Waals surface area contributed by atoms with Gasteiger partial charge in [-0.05, 0) is 29.7 Å². The Hall–Kier alpha value is -1.44. The zero-order chi connectivity index (χ0) is 9.97. The van der Waals surface area contributed by atoms with Gasteiger partial charge in [0.1, 0.15) is 5.75 Å². The van der Waals surface area contributed by atoms with Gasteiger partial charge in [0.2, 0.25) is 0 Å². The van der Waals surface area contributed by atoms with Gasteiger partial charge < -0.3 is 9.64 Å². The molecule has 0 aromatic heterocycles. The highest BCUT2D eigenvalue weighted by Crippen LogP contribution is 2.25. The third kappa shape index (κ3) is 1.74. The fraction of sp³-hybridized carbons (Fsp3) is 0.333. The van der Waals surface area contributed by atoms with E-state index in [0.29, 0.717) is 0 Å². The maximum absolute atomic E-state index is 5.12. The molecule has 1 heterocycles. The van der Waals surface area contributed by atoms with Crippen LogP contribution in [0.5, 0.6) is 5.75 Å². The number of rotatable bonds is 2. The molecule has 2 nitrogen and oxygen atoms in total. The molecule has 1 aromatic carbocycles. The Morgan fingerprint density at radius 3 is 2.43 bits per heavy atom. The van der Waals surface area contributed by atoms with Gasteiger partial charge in [0.25, 0.3) is 0 Å². The normalized spacial score (nSPS) is 15.6. The summed E-state index contributed by atoms with van der Waals surface area (Å²) in [6, 6.07) is 8.25. The number of benzene rings is 1.